The average Bonchev–Trinajstić information content (AvgIpc) is 2.77. The Morgan fingerprint density at radius 2 is 1.66 bits per heavy atom. The van der Waals surface area contributed by atoms with Crippen LogP contribution in [0.3, 0.4) is 0 Å². The van der Waals surface area contributed by atoms with Gasteiger partial charge in [0.05, 0.1) is 14.2 Å². The quantitative estimate of drug-likeness (QED) is 0.577. The first-order valence-electron chi connectivity index (χ1n) is 9.35. The fraction of sp³-hybridized carbons (Fsp3) is 0.409. The molecule has 1 amide bonds. The Labute approximate surface area is 171 Å². The van der Waals surface area contributed by atoms with E-state index in [0.717, 1.165) is 11.1 Å². The summed E-state index contributed by atoms with van der Waals surface area (Å²) in [5.74, 6) is 1.05. The number of ether oxygens (including phenoxy) is 5. The third-order valence-corrected chi connectivity index (χ3v) is 4.56. The summed E-state index contributed by atoms with van der Waals surface area (Å²) in [4.78, 5) is 12.0. The predicted octanol–water partition coefficient (Wildman–Crippen LogP) is 3.72. The molecule has 7 heteroatoms. The van der Waals surface area contributed by atoms with E-state index in [2.05, 4.69) is 5.32 Å². The van der Waals surface area contributed by atoms with Gasteiger partial charge in [-0.05, 0) is 18.1 Å². The minimum absolute atomic E-state index is 0.190. The molecule has 1 N–H and O–H groups in total. The molecule has 0 bridgehead atoms. The number of hydrogen-bond acceptors (Lipinski definition) is 6. The summed E-state index contributed by atoms with van der Waals surface area (Å²) < 4.78 is 27.2. The van der Waals surface area contributed by atoms with E-state index in [1.165, 1.54) is 0 Å². The van der Waals surface area contributed by atoms with Crippen LogP contribution in [0.15, 0.2) is 48.5 Å². The Hall–Kier alpha value is -2.77. The second-order valence-electron chi connectivity index (χ2n) is 6.31. The van der Waals surface area contributed by atoms with E-state index in [4.69, 9.17) is 23.7 Å². The summed E-state index contributed by atoms with van der Waals surface area (Å²) in [6.07, 6.45) is -0.439. The van der Waals surface area contributed by atoms with Gasteiger partial charge in [-0.3, -0.25) is 0 Å². The molecule has 0 heterocycles. The Kier molecular flexibility index (Phi) is 9.27. The first-order valence-corrected chi connectivity index (χ1v) is 9.35. The van der Waals surface area contributed by atoms with Crippen molar-refractivity contribution in [1.29, 1.82) is 0 Å². The van der Waals surface area contributed by atoms with Crippen molar-refractivity contribution >= 4 is 6.09 Å². The van der Waals surface area contributed by atoms with E-state index in [0.29, 0.717) is 24.5 Å². The molecule has 2 aromatic rings. The molecule has 0 aliphatic heterocycles. The molecule has 0 saturated heterocycles. The van der Waals surface area contributed by atoms with Crippen LogP contribution in [0.2, 0.25) is 0 Å². The third kappa shape index (κ3) is 6.37. The predicted molar refractivity (Wildman–Crippen MR) is 109 cm³/mol. The number of alkyl carbamates (subject to hydrolysis) is 1. The van der Waals surface area contributed by atoms with Gasteiger partial charge in [-0.25, -0.2) is 4.79 Å². The average molecular weight is 403 g/mol. The number of rotatable bonds is 11. The van der Waals surface area contributed by atoms with Crippen molar-refractivity contribution in [3.05, 3.63) is 59.7 Å². The Morgan fingerprint density at radius 1 is 0.931 bits per heavy atom. The largest absolute Gasteiger partial charge is 0.493 e. The zero-order chi connectivity index (χ0) is 21.1. The van der Waals surface area contributed by atoms with Crippen molar-refractivity contribution in [1.82, 2.24) is 5.32 Å². The number of methoxy groups -OCH3 is 4. The Balaban J connectivity index is 2.02. The standard InChI is InChI=1S/C22H29NO6/c1-25-19-12-8-11-17(20(19)26-2)18(21(27-3)28-4)13-14-23-22(24)29-15-16-9-6-5-7-10-16/h5-12,18,21H,13-15H2,1-4H3,(H,23,24). The molecule has 0 aliphatic carbocycles. The summed E-state index contributed by atoms with van der Waals surface area (Å²) in [6, 6.07) is 15.2. The normalized spacial score (nSPS) is 11.8. The highest BCUT2D eigenvalue weighted by Gasteiger charge is 2.27. The van der Waals surface area contributed by atoms with Crippen LogP contribution in [0, 0.1) is 0 Å². The lowest BCUT2D eigenvalue weighted by molar-refractivity contribution is -0.119. The molecule has 0 aliphatic rings. The van der Waals surface area contributed by atoms with Gasteiger partial charge in [0, 0.05) is 32.2 Å². The van der Waals surface area contributed by atoms with Crippen LogP contribution in [0.1, 0.15) is 23.5 Å². The number of amides is 1. The first kappa shape index (κ1) is 22.5. The van der Waals surface area contributed by atoms with Crippen molar-refractivity contribution in [3.63, 3.8) is 0 Å². The van der Waals surface area contributed by atoms with Crippen LogP contribution < -0.4 is 14.8 Å². The summed E-state index contributed by atoms with van der Waals surface area (Å²) in [5, 5.41) is 2.78. The summed E-state index contributed by atoms with van der Waals surface area (Å²) in [6.45, 7) is 0.598. The van der Waals surface area contributed by atoms with Gasteiger partial charge in [0.1, 0.15) is 6.61 Å². The van der Waals surface area contributed by atoms with Gasteiger partial charge in [-0.1, -0.05) is 42.5 Å². The molecule has 0 radical (unpaired) electrons. The van der Waals surface area contributed by atoms with Crippen LogP contribution in [0.25, 0.3) is 0 Å². The summed E-state index contributed by atoms with van der Waals surface area (Å²) >= 11 is 0. The number of hydrogen-bond donors (Lipinski definition) is 1. The molecule has 1 atom stereocenters. The second-order valence-corrected chi connectivity index (χ2v) is 6.31. The molecule has 0 spiro atoms. The molecule has 158 valence electrons. The van der Waals surface area contributed by atoms with Crippen LogP contribution in [0.4, 0.5) is 4.79 Å². The van der Waals surface area contributed by atoms with E-state index < -0.39 is 12.4 Å². The molecule has 29 heavy (non-hydrogen) atoms. The Bertz CT molecular complexity index is 748. The van der Waals surface area contributed by atoms with Gasteiger partial charge in [0.2, 0.25) is 0 Å². The molecule has 7 nitrogen and oxygen atoms in total. The fourth-order valence-corrected chi connectivity index (χ4v) is 3.17. The van der Waals surface area contributed by atoms with Gasteiger partial charge in [0.15, 0.2) is 17.8 Å². The van der Waals surface area contributed by atoms with Crippen molar-refractivity contribution < 1.29 is 28.5 Å². The molecule has 2 rings (SSSR count). The van der Waals surface area contributed by atoms with Crippen LogP contribution >= 0.6 is 0 Å². The Morgan fingerprint density at radius 3 is 2.28 bits per heavy atom. The maximum Gasteiger partial charge on any atom is 0.407 e. The smallest absolute Gasteiger partial charge is 0.407 e. The maximum atomic E-state index is 12.0. The van der Waals surface area contributed by atoms with Gasteiger partial charge < -0.3 is 29.0 Å². The summed E-state index contributed by atoms with van der Waals surface area (Å²) in [7, 11) is 6.34. The number of para-hydroxylation sites is 1. The number of carbonyl (C=O) groups excluding carboxylic acids is 1. The van der Waals surface area contributed by atoms with Crippen LogP contribution in [-0.4, -0.2) is 47.4 Å². The monoisotopic (exact) mass is 403 g/mol. The highest BCUT2D eigenvalue weighted by molar-refractivity contribution is 5.67. The lowest BCUT2D eigenvalue weighted by Gasteiger charge is -2.27. The van der Waals surface area contributed by atoms with E-state index in [-0.39, 0.29) is 12.5 Å². The zero-order valence-electron chi connectivity index (χ0n) is 17.3. The van der Waals surface area contributed by atoms with Crippen molar-refractivity contribution in [2.24, 2.45) is 0 Å². The number of carbonyl (C=O) groups is 1. The van der Waals surface area contributed by atoms with Crippen LogP contribution in [0.5, 0.6) is 11.5 Å². The van der Waals surface area contributed by atoms with Crippen LogP contribution in [-0.2, 0) is 20.8 Å². The molecule has 1 unspecified atom stereocenters. The van der Waals surface area contributed by atoms with E-state index in [1.807, 2.05) is 48.5 Å². The second kappa shape index (κ2) is 11.9. The SMILES string of the molecule is COc1cccc(C(CCNC(=O)OCc2ccccc2)C(OC)OC)c1OC. The topological polar surface area (TPSA) is 75.3 Å². The lowest BCUT2D eigenvalue weighted by Crippen LogP contribution is -2.30. The third-order valence-electron chi connectivity index (χ3n) is 4.56. The zero-order valence-corrected chi connectivity index (χ0v) is 17.3. The van der Waals surface area contributed by atoms with Crippen molar-refractivity contribution in [2.45, 2.75) is 25.2 Å². The molecular weight excluding hydrogens is 374 g/mol. The number of nitrogens with one attached hydrogen (secondary N) is 1. The van der Waals surface area contributed by atoms with Crippen molar-refractivity contribution in [2.75, 3.05) is 35.0 Å². The molecule has 0 fully saturated rings. The fourth-order valence-electron chi connectivity index (χ4n) is 3.17. The van der Waals surface area contributed by atoms with Gasteiger partial charge in [-0.2, -0.15) is 0 Å². The molecule has 0 saturated carbocycles. The minimum atomic E-state index is -0.516. The van der Waals surface area contributed by atoms with E-state index in [1.54, 1.807) is 28.4 Å². The first-order chi connectivity index (χ1) is 14.1. The number of benzene rings is 2. The van der Waals surface area contributed by atoms with E-state index in [9.17, 15) is 4.79 Å². The van der Waals surface area contributed by atoms with Gasteiger partial charge in [-0.15, -0.1) is 0 Å². The molecular formula is C22H29NO6. The van der Waals surface area contributed by atoms with Gasteiger partial charge >= 0.3 is 6.09 Å². The molecule has 2 aromatic carbocycles. The molecule has 0 aromatic heterocycles. The summed E-state index contributed by atoms with van der Waals surface area (Å²) in [5.41, 5.74) is 1.81. The van der Waals surface area contributed by atoms with Gasteiger partial charge in [0.25, 0.3) is 0 Å². The van der Waals surface area contributed by atoms with E-state index >= 15 is 0 Å². The highest BCUT2D eigenvalue weighted by atomic mass is 16.7. The van der Waals surface area contributed by atoms with Crippen molar-refractivity contribution in [3.8, 4) is 11.5 Å². The maximum absolute atomic E-state index is 12.0. The lowest BCUT2D eigenvalue weighted by atomic mass is 9.93. The minimum Gasteiger partial charge on any atom is -0.493 e. The highest BCUT2D eigenvalue weighted by Crippen LogP contribution is 2.38.